The van der Waals surface area contributed by atoms with Gasteiger partial charge in [0.2, 0.25) is 0 Å². The number of rotatable bonds is 3. The quantitative estimate of drug-likeness (QED) is 0.545. The van der Waals surface area contributed by atoms with Crippen molar-refractivity contribution in [3.63, 3.8) is 0 Å². The van der Waals surface area contributed by atoms with Crippen LogP contribution in [0.2, 0.25) is 0 Å². The minimum absolute atomic E-state index is 0.00926. The van der Waals surface area contributed by atoms with Crippen LogP contribution in [0.4, 0.5) is 0 Å². The van der Waals surface area contributed by atoms with E-state index >= 15 is 0 Å². The molecule has 0 radical (unpaired) electrons. The number of aliphatic imine (C=N–C) groups is 1. The first-order valence-corrected chi connectivity index (χ1v) is 2.88. The van der Waals surface area contributed by atoms with Gasteiger partial charge in [-0.2, -0.15) is 0 Å². The Hall–Kier alpha value is -1.32. The summed E-state index contributed by atoms with van der Waals surface area (Å²) in [5.74, 6) is -1.05. The molecular formula is C6H10N2O2. The molecule has 0 spiro atoms. The van der Waals surface area contributed by atoms with Crippen molar-refractivity contribution in [2.24, 2.45) is 10.7 Å². The van der Waals surface area contributed by atoms with Gasteiger partial charge in [-0.3, -0.25) is 4.99 Å². The first kappa shape index (κ1) is 8.68. The average Bonchev–Trinajstić information content (AvgIpc) is 1.87. The molecule has 0 aromatic heterocycles. The van der Waals surface area contributed by atoms with Crippen LogP contribution in [-0.2, 0) is 4.79 Å². The van der Waals surface area contributed by atoms with E-state index in [0.717, 1.165) is 6.20 Å². The van der Waals surface area contributed by atoms with Crippen LogP contribution in [0.1, 0.15) is 6.92 Å². The Morgan fingerprint density at radius 2 is 2.40 bits per heavy atom. The predicted octanol–water partition coefficient (Wildman–Crippen LogP) is 0.00430. The number of carboxylic acids is 1. The van der Waals surface area contributed by atoms with E-state index in [1.54, 1.807) is 6.92 Å². The number of hydrogen-bond donors (Lipinski definition) is 2. The van der Waals surface area contributed by atoms with Gasteiger partial charge in [-0.1, -0.05) is 0 Å². The molecule has 0 amide bonds. The van der Waals surface area contributed by atoms with Crippen LogP contribution in [0.25, 0.3) is 0 Å². The van der Waals surface area contributed by atoms with Crippen LogP contribution in [0.15, 0.2) is 17.3 Å². The second-order valence-corrected chi connectivity index (χ2v) is 1.52. The Labute approximate surface area is 59.1 Å². The van der Waals surface area contributed by atoms with E-state index in [-0.39, 0.29) is 5.71 Å². The van der Waals surface area contributed by atoms with Gasteiger partial charge in [-0.25, -0.2) is 4.79 Å². The van der Waals surface area contributed by atoms with Crippen molar-refractivity contribution in [3.05, 3.63) is 12.3 Å². The van der Waals surface area contributed by atoms with Gasteiger partial charge in [0.25, 0.3) is 0 Å². The number of nitrogens with zero attached hydrogens (tertiary/aromatic N) is 1. The molecule has 0 aromatic carbocycles. The summed E-state index contributed by atoms with van der Waals surface area (Å²) < 4.78 is 0. The average molecular weight is 142 g/mol. The van der Waals surface area contributed by atoms with Gasteiger partial charge < -0.3 is 10.8 Å². The second-order valence-electron chi connectivity index (χ2n) is 1.52. The fourth-order valence-electron chi connectivity index (χ4n) is 0.453. The van der Waals surface area contributed by atoms with E-state index in [1.807, 2.05) is 0 Å². The van der Waals surface area contributed by atoms with Crippen molar-refractivity contribution in [2.75, 3.05) is 6.54 Å². The molecule has 0 aliphatic rings. The first-order valence-electron chi connectivity index (χ1n) is 2.88. The third-order valence-electron chi connectivity index (χ3n) is 0.802. The largest absolute Gasteiger partial charge is 0.477 e. The molecule has 0 atom stereocenters. The zero-order chi connectivity index (χ0) is 7.98. The van der Waals surface area contributed by atoms with Crippen molar-refractivity contribution in [1.82, 2.24) is 0 Å². The molecular weight excluding hydrogens is 132 g/mol. The molecule has 0 fully saturated rings. The van der Waals surface area contributed by atoms with Crippen molar-refractivity contribution >= 4 is 11.7 Å². The van der Waals surface area contributed by atoms with Gasteiger partial charge in [-0.05, 0) is 19.2 Å². The molecule has 56 valence electrons. The zero-order valence-electron chi connectivity index (χ0n) is 5.74. The number of aliphatic carboxylic acids is 1. The fourth-order valence-corrected chi connectivity index (χ4v) is 0.453. The van der Waals surface area contributed by atoms with Crippen LogP contribution in [0, 0.1) is 0 Å². The maximum Gasteiger partial charge on any atom is 0.354 e. The molecule has 0 aliphatic heterocycles. The Morgan fingerprint density at radius 3 is 2.70 bits per heavy atom. The molecule has 0 aromatic rings. The standard InChI is InChI=1S/C6H10N2O2/c1-2-8-5(3-4-7)6(9)10/h3-4H,2,7H2,1H3,(H,9,10)/b4-3-,8-5?. The molecule has 0 rings (SSSR count). The maximum atomic E-state index is 10.2. The van der Waals surface area contributed by atoms with Crippen LogP contribution in [-0.4, -0.2) is 23.3 Å². The van der Waals surface area contributed by atoms with Crippen LogP contribution in [0.5, 0.6) is 0 Å². The van der Waals surface area contributed by atoms with Gasteiger partial charge in [0.15, 0.2) is 0 Å². The Kier molecular flexibility index (Phi) is 3.95. The highest BCUT2D eigenvalue weighted by molar-refractivity contribution is 6.40. The van der Waals surface area contributed by atoms with Crippen LogP contribution < -0.4 is 5.73 Å². The number of carboxylic acid groups (broad SMARTS) is 1. The summed E-state index contributed by atoms with van der Waals surface area (Å²) in [4.78, 5) is 13.9. The molecule has 10 heavy (non-hydrogen) atoms. The van der Waals surface area contributed by atoms with Gasteiger partial charge in [0.1, 0.15) is 5.71 Å². The molecule has 3 N–H and O–H groups in total. The predicted molar refractivity (Wildman–Crippen MR) is 38.9 cm³/mol. The van der Waals surface area contributed by atoms with Crippen molar-refractivity contribution < 1.29 is 9.90 Å². The third kappa shape index (κ3) is 2.86. The zero-order valence-corrected chi connectivity index (χ0v) is 5.74. The molecule has 0 heterocycles. The van der Waals surface area contributed by atoms with E-state index in [0.29, 0.717) is 6.54 Å². The monoisotopic (exact) mass is 142 g/mol. The van der Waals surface area contributed by atoms with Crippen molar-refractivity contribution in [2.45, 2.75) is 6.92 Å². The smallest absolute Gasteiger partial charge is 0.354 e. The van der Waals surface area contributed by atoms with Crippen molar-refractivity contribution in [1.29, 1.82) is 0 Å². The van der Waals surface area contributed by atoms with E-state index in [1.165, 1.54) is 6.08 Å². The van der Waals surface area contributed by atoms with E-state index in [2.05, 4.69) is 4.99 Å². The lowest BCUT2D eigenvalue weighted by molar-refractivity contribution is -0.129. The molecule has 4 nitrogen and oxygen atoms in total. The lowest BCUT2D eigenvalue weighted by Crippen LogP contribution is -2.10. The highest BCUT2D eigenvalue weighted by atomic mass is 16.4. The highest BCUT2D eigenvalue weighted by Gasteiger charge is 2.01. The van der Waals surface area contributed by atoms with Gasteiger partial charge >= 0.3 is 5.97 Å². The summed E-state index contributed by atoms with van der Waals surface area (Å²) in [7, 11) is 0. The van der Waals surface area contributed by atoms with E-state index in [9.17, 15) is 4.79 Å². The van der Waals surface area contributed by atoms with Crippen LogP contribution in [0.3, 0.4) is 0 Å². The van der Waals surface area contributed by atoms with Crippen LogP contribution >= 0.6 is 0 Å². The number of carbonyl (C=O) groups is 1. The second kappa shape index (κ2) is 4.55. The fraction of sp³-hybridized carbons (Fsp3) is 0.333. The molecule has 0 unspecified atom stereocenters. The third-order valence-corrected chi connectivity index (χ3v) is 0.802. The summed E-state index contributed by atoms with van der Waals surface area (Å²) in [6, 6.07) is 0. The topological polar surface area (TPSA) is 75.7 Å². The summed E-state index contributed by atoms with van der Waals surface area (Å²) >= 11 is 0. The van der Waals surface area contributed by atoms with Gasteiger partial charge in [-0.15, -0.1) is 0 Å². The molecule has 4 heteroatoms. The summed E-state index contributed by atoms with van der Waals surface area (Å²) in [5.41, 5.74) is 4.96. The lowest BCUT2D eigenvalue weighted by Gasteiger charge is -1.89. The minimum Gasteiger partial charge on any atom is -0.477 e. The van der Waals surface area contributed by atoms with Gasteiger partial charge in [0.05, 0.1) is 0 Å². The lowest BCUT2D eigenvalue weighted by atomic mass is 10.3. The SMILES string of the molecule is CCN=C(/C=C\N)C(=O)O. The van der Waals surface area contributed by atoms with Gasteiger partial charge in [0, 0.05) is 6.54 Å². The number of hydrogen-bond acceptors (Lipinski definition) is 3. The normalized spacial score (nSPS) is 12.3. The minimum atomic E-state index is -1.05. The number of nitrogens with two attached hydrogens (primary N) is 1. The molecule has 0 saturated heterocycles. The summed E-state index contributed by atoms with van der Waals surface area (Å²) in [5, 5.41) is 8.40. The maximum absolute atomic E-state index is 10.2. The summed E-state index contributed by atoms with van der Waals surface area (Å²) in [6.45, 7) is 2.21. The molecule has 0 bridgehead atoms. The Bertz CT molecular complexity index is 173. The Balaban J connectivity index is 4.26. The summed E-state index contributed by atoms with van der Waals surface area (Å²) in [6.07, 6.45) is 2.41. The van der Waals surface area contributed by atoms with E-state index in [4.69, 9.17) is 10.8 Å². The molecule has 0 aliphatic carbocycles. The Morgan fingerprint density at radius 1 is 1.80 bits per heavy atom. The van der Waals surface area contributed by atoms with E-state index < -0.39 is 5.97 Å². The molecule has 0 saturated carbocycles. The first-order chi connectivity index (χ1) is 4.72. The highest BCUT2D eigenvalue weighted by Crippen LogP contribution is 1.81. The van der Waals surface area contributed by atoms with Crippen molar-refractivity contribution in [3.8, 4) is 0 Å².